The lowest BCUT2D eigenvalue weighted by atomic mass is 10.1. The van der Waals surface area contributed by atoms with E-state index in [1.807, 2.05) is 0 Å². The number of hydrogen-bond donors (Lipinski definition) is 2. The van der Waals surface area contributed by atoms with Crippen LogP contribution in [0.3, 0.4) is 0 Å². The molecule has 0 bridgehead atoms. The molecule has 0 fully saturated rings. The summed E-state index contributed by atoms with van der Waals surface area (Å²) in [5.74, 6) is -2.98. The predicted octanol–water partition coefficient (Wildman–Crippen LogP) is -0.208. The van der Waals surface area contributed by atoms with E-state index < -0.39 is 36.8 Å². The SMILES string of the molecule is Cc1ccc2c(c1)C(=O)N(CC(=O)NCC(=O)O)C2=O. The maximum Gasteiger partial charge on any atom is 0.322 e. The number of imide groups is 1. The summed E-state index contributed by atoms with van der Waals surface area (Å²) in [6, 6.07) is 4.84. The number of fused-ring (bicyclic) bond motifs is 1. The Kier molecular flexibility index (Phi) is 3.51. The number of carboxylic acids is 1. The van der Waals surface area contributed by atoms with E-state index in [1.165, 1.54) is 0 Å². The Morgan fingerprint density at radius 2 is 1.85 bits per heavy atom. The summed E-state index contributed by atoms with van der Waals surface area (Å²) in [6.45, 7) is 0.750. The molecule has 7 heteroatoms. The molecule has 0 saturated heterocycles. The number of aryl methyl sites for hydroxylation is 1. The van der Waals surface area contributed by atoms with Gasteiger partial charge in [0.15, 0.2) is 0 Å². The van der Waals surface area contributed by atoms with Crippen molar-refractivity contribution in [3.8, 4) is 0 Å². The third kappa shape index (κ3) is 2.51. The summed E-state index contributed by atoms with van der Waals surface area (Å²) in [7, 11) is 0. The van der Waals surface area contributed by atoms with Crippen molar-refractivity contribution in [1.29, 1.82) is 0 Å². The molecule has 1 heterocycles. The highest BCUT2D eigenvalue weighted by Gasteiger charge is 2.36. The van der Waals surface area contributed by atoms with Crippen molar-refractivity contribution in [1.82, 2.24) is 10.2 Å². The topological polar surface area (TPSA) is 104 Å². The first-order valence-electron chi connectivity index (χ1n) is 5.85. The van der Waals surface area contributed by atoms with E-state index >= 15 is 0 Å². The summed E-state index contributed by atoms with van der Waals surface area (Å²) in [5, 5.41) is 10.5. The molecule has 2 N–H and O–H groups in total. The van der Waals surface area contributed by atoms with Gasteiger partial charge >= 0.3 is 5.97 Å². The number of aliphatic carboxylic acids is 1. The standard InChI is InChI=1S/C13H12N2O5/c1-7-2-3-8-9(4-7)13(20)15(12(8)19)6-10(16)14-5-11(17)18/h2-4H,5-6H2,1H3,(H,14,16)(H,17,18). The monoisotopic (exact) mass is 276 g/mol. The Bertz CT molecular complexity index is 623. The van der Waals surface area contributed by atoms with Gasteiger partial charge in [-0.3, -0.25) is 24.1 Å². The summed E-state index contributed by atoms with van der Waals surface area (Å²) >= 11 is 0. The number of carboxylic acid groups (broad SMARTS) is 1. The summed E-state index contributed by atoms with van der Waals surface area (Å²) in [5.41, 5.74) is 1.36. The highest BCUT2D eigenvalue weighted by molar-refractivity contribution is 6.22. The zero-order valence-corrected chi connectivity index (χ0v) is 10.7. The lowest BCUT2D eigenvalue weighted by molar-refractivity contribution is -0.137. The highest BCUT2D eigenvalue weighted by atomic mass is 16.4. The van der Waals surface area contributed by atoms with Crippen LogP contribution in [0, 0.1) is 6.92 Å². The first-order chi connectivity index (χ1) is 9.40. The number of hydrogen-bond acceptors (Lipinski definition) is 4. The van der Waals surface area contributed by atoms with Crippen LogP contribution in [0.5, 0.6) is 0 Å². The Balaban J connectivity index is 2.12. The smallest absolute Gasteiger partial charge is 0.322 e. The summed E-state index contributed by atoms with van der Waals surface area (Å²) in [4.78, 5) is 46.7. The average Bonchev–Trinajstić information content (AvgIpc) is 2.61. The van der Waals surface area contributed by atoms with E-state index in [9.17, 15) is 19.2 Å². The maximum atomic E-state index is 12.0. The van der Waals surface area contributed by atoms with E-state index in [0.717, 1.165) is 10.5 Å². The number of carbonyl (C=O) groups excluding carboxylic acids is 3. The summed E-state index contributed by atoms with van der Waals surface area (Å²) in [6.07, 6.45) is 0. The van der Waals surface area contributed by atoms with Gasteiger partial charge in [0.2, 0.25) is 5.91 Å². The molecule has 0 atom stereocenters. The number of carbonyl (C=O) groups is 4. The number of benzene rings is 1. The van der Waals surface area contributed by atoms with Gasteiger partial charge in [-0.25, -0.2) is 0 Å². The molecule has 7 nitrogen and oxygen atoms in total. The van der Waals surface area contributed by atoms with Crippen molar-refractivity contribution < 1.29 is 24.3 Å². The minimum atomic E-state index is -1.20. The largest absolute Gasteiger partial charge is 0.480 e. The van der Waals surface area contributed by atoms with E-state index in [4.69, 9.17) is 5.11 Å². The molecule has 1 aliphatic rings. The zero-order valence-electron chi connectivity index (χ0n) is 10.7. The zero-order chi connectivity index (χ0) is 14.9. The van der Waals surface area contributed by atoms with Gasteiger partial charge in [-0.1, -0.05) is 11.6 Å². The van der Waals surface area contributed by atoms with Crippen LogP contribution in [0.2, 0.25) is 0 Å². The Hall–Kier alpha value is -2.70. The number of nitrogens with zero attached hydrogens (tertiary/aromatic N) is 1. The second-order valence-electron chi connectivity index (χ2n) is 4.42. The normalized spacial score (nSPS) is 13.3. The molecule has 0 aromatic heterocycles. The molecule has 2 rings (SSSR count). The van der Waals surface area contributed by atoms with Crippen molar-refractivity contribution in [3.05, 3.63) is 34.9 Å². The molecule has 1 aromatic rings. The van der Waals surface area contributed by atoms with Gasteiger partial charge in [0, 0.05) is 0 Å². The molecule has 104 valence electrons. The molecule has 1 aliphatic heterocycles. The molecule has 3 amide bonds. The highest BCUT2D eigenvalue weighted by Crippen LogP contribution is 2.23. The molecule has 0 unspecified atom stereocenters. The second kappa shape index (κ2) is 5.12. The van der Waals surface area contributed by atoms with Gasteiger partial charge in [0.1, 0.15) is 13.1 Å². The minimum Gasteiger partial charge on any atom is -0.480 e. The van der Waals surface area contributed by atoms with Gasteiger partial charge in [0.05, 0.1) is 11.1 Å². The van der Waals surface area contributed by atoms with Crippen molar-refractivity contribution in [2.75, 3.05) is 13.1 Å². The number of amides is 3. The Morgan fingerprint density at radius 1 is 1.20 bits per heavy atom. The van der Waals surface area contributed by atoms with Gasteiger partial charge in [-0.2, -0.15) is 0 Å². The van der Waals surface area contributed by atoms with Crippen LogP contribution in [0.1, 0.15) is 26.3 Å². The Labute approximate surface area is 114 Å². The third-order valence-electron chi connectivity index (χ3n) is 2.86. The minimum absolute atomic E-state index is 0.256. The van der Waals surface area contributed by atoms with Gasteiger partial charge in [-0.15, -0.1) is 0 Å². The van der Waals surface area contributed by atoms with Crippen LogP contribution in [0.4, 0.5) is 0 Å². The lowest BCUT2D eigenvalue weighted by Crippen LogP contribution is -2.41. The van der Waals surface area contributed by atoms with Crippen LogP contribution in [0.15, 0.2) is 18.2 Å². The fourth-order valence-corrected chi connectivity index (χ4v) is 1.92. The third-order valence-corrected chi connectivity index (χ3v) is 2.86. The van der Waals surface area contributed by atoms with E-state index in [1.54, 1.807) is 25.1 Å². The van der Waals surface area contributed by atoms with E-state index in [2.05, 4.69) is 5.32 Å². The van der Waals surface area contributed by atoms with Crippen molar-refractivity contribution in [3.63, 3.8) is 0 Å². The molecule has 0 radical (unpaired) electrons. The second-order valence-corrected chi connectivity index (χ2v) is 4.42. The molecule has 0 spiro atoms. The molecular formula is C13H12N2O5. The molecule has 1 aromatic carbocycles. The maximum absolute atomic E-state index is 12.0. The van der Waals surface area contributed by atoms with Crippen LogP contribution >= 0.6 is 0 Å². The quantitative estimate of drug-likeness (QED) is 0.741. The lowest BCUT2D eigenvalue weighted by Gasteiger charge is -2.12. The van der Waals surface area contributed by atoms with Crippen molar-refractivity contribution in [2.45, 2.75) is 6.92 Å². The first-order valence-corrected chi connectivity index (χ1v) is 5.85. The van der Waals surface area contributed by atoms with Crippen LogP contribution in [0.25, 0.3) is 0 Å². The van der Waals surface area contributed by atoms with E-state index in [-0.39, 0.29) is 11.1 Å². The molecular weight excluding hydrogens is 264 g/mol. The van der Waals surface area contributed by atoms with Gasteiger partial charge in [-0.05, 0) is 19.1 Å². The van der Waals surface area contributed by atoms with Crippen molar-refractivity contribution >= 4 is 23.7 Å². The van der Waals surface area contributed by atoms with Crippen molar-refractivity contribution in [2.24, 2.45) is 0 Å². The fraction of sp³-hybridized carbons (Fsp3) is 0.231. The van der Waals surface area contributed by atoms with Gasteiger partial charge in [0.25, 0.3) is 11.8 Å². The first kappa shape index (κ1) is 13.7. The number of nitrogens with one attached hydrogen (secondary N) is 1. The Morgan fingerprint density at radius 3 is 2.50 bits per heavy atom. The predicted molar refractivity (Wildman–Crippen MR) is 67.2 cm³/mol. The number of rotatable bonds is 4. The summed E-state index contributed by atoms with van der Waals surface area (Å²) < 4.78 is 0. The molecule has 0 aliphatic carbocycles. The average molecular weight is 276 g/mol. The van der Waals surface area contributed by atoms with E-state index in [0.29, 0.717) is 0 Å². The van der Waals surface area contributed by atoms with Crippen LogP contribution in [-0.4, -0.2) is 46.8 Å². The van der Waals surface area contributed by atoms with Crippen LogP contribution in [-0.2, 0) is 9.59 Å². The molecule has 0 saturated carbocycles. The van der Waals surface area contributed by atoms with Gasteiger partial charge < -0.3 is 10.4 Å². The fourth-order valence-electron chi connectivity index (χ4n) is 1.92. The van der Waals surface area contributed by atoms with Crippen LogP contribution < -0.4 is 5.32 Å². The molecule has 20 heavy (non-hydrogen) atoms.